The molecule has 1 saturated heterocycles. The van der Waals surface area contributed by atoms with Gasteiger partial charge in [-0.05, 0) is 25.0 Å². The number of hydrogen-bond donors (Lipinski definition) is 1. The lowest BCUT2D eigenvalue weighted by atomic mass is 10.1. The number of pyridine rings is 1. The van der Waals surface area contributed by atoms with Gasteiger partial charge in [0.05, 0.1) is 23.7 Å². The number of fused-ring (bicyclic) bond motifs is 1. The zero-order valence-electron chi connectivity index (χ0n) is 10.9. The van der Waals surface area contributed by atoms with Gasteiger partial charge in [0.25, 0.3) is 5.91 Å². The molecule has 2 heterocycles. The van der Waals surface area contributed by atoms with E-state index in [1.165, 1.54) is 0 Å². The van der Waals surface area contributed by atoms with Crippen molar-refractivity contribution in [3.05, 3.63) is 41.0 Å². The average Bonchev–Trinajstić information content (AvgIpc) is 2.94. The van der Waals surface area contributed by atoms with Gasteiger partial charge in [0.15, 0.2) is 0 Å². The minimum Gasteiger partial charge on any atom is -0.394 e. The van der Waals surface area contributed by atoms with Crippen LogP contribution in [0.1, 0.15) is 23.2 Å². The Morgan fingerprint density at radius 1 is 1.45 bits per heavy atom. The van der Waals surface area contributed by atoms with Gasteiger partial charge in [-0.15, -0.1) is 0 Å². The maximum absolute atomic E-state index is 12.7. The van der Waals surface area contributed by atoms with Crippen LogP contribution in [0.2, 0.25) is 5.15 Å². The molecule has 1 aromatic carbocycles. The van der Waals surface area contributed by atoms with Crippen LogP contribution in [0.15, 0.2) is 30.3 Å². The van der Waals surface area contributed by atoms with Gasteiger partial charge in [0.2, 0.25) is 0 Å². The first kappa shape index (κ1) is 13.3. The summed E-state index contributed by atoms with van der Waals surface area (Å²) < 4.78 is 0. The molecule has 1 aromatic heterocycles. The van der Waals surface area contributed by atoms with Crippen LogP contribution in [0.5, 0.6) is 0 Å². The number of nitrogens with zero attached hydrogens (tertiary/aromatic N) is 2. The van der Waals surface area contributed by atoms with E-state index in [2.05, 4.69) is 4.98 Å². The molecule has 104 valence electrons. The lowest BCUT2D eigenvalue weighted by Gasteiger charge is -2.23. The summed E-state index contributed by atoms with van der Waals surface area (Å²) in [5.41, 5.74) is 1.27. The largest absolute Gasteiger partial charge is 0.394 e. The number of aliphatic hydroxyl groups excluding tert-OH is 1. The second-order valence-electron chi connectivity index (χ2n) is 4.99. The third-order valence-corrected chi connectivity index (χ3v) is 3.96. The molecule has 1 aliphatic heterocycles. The van der Waals surface area contributed by atoms with Crippen LogP contribution >= 0.6 is 11.6 Å². The fraction of sp³-hybridized carbons (Fsp3) is 0.333. The predicted molar refractivity (Wildman–Crippen MR) is 77.9 cm³/mol. The third kappa shape index (κ3) is 2.25. The molecule has 4 nitrogen and oxygen atoms in total. The molecule has 1 amide bonds. The predicted octanol–water partition coefficient (Wildman–Crippen LogP) is 2.49. The number of para-hydroxylation sites is 1. The number of amides is 1. The fourth-order valence-electron chi connectivity index (χ4n) is 2.77. The molecule has 1 aliphatic rings. The number of aromatic nitrogens is 1. The minimum absolute atomic E-state index is 0.00247. The van der Waals surface area contributed by atoms with Crippen LogP contribution in [0.25, 0.3) is 10.9 Å². The van der Waals surface area contributed by atoms with Crippen molar-refractivity contribution in [2.24, 2.45) is 0 Å². The summed E-state index contributed by atoms with van der Waals surface area (Å²) in [6.07, 6.45) is 1.77. The van der Waals surface area contributed by atoms with Crippen molar-refractivity contribution in [1.82, 2.24) is 9.88 Å². The van der Waals surface area contributed by atoms with Crippen molar-refractivity contribution in [1.29, 1.82) is 0 Å². The molecule has 20 heavy (non-hydrogen) atoms. The van der Waals surface area contributed by atoms with E-state index < -0.39 is 0 Å². The van der Waals surface area contributed by atoms with E-state index in [0.717, 1.165) is 18.2 Å². The molecule has 0 radical (unpaired) electrons. The van der Waals surface area contributed by atoms with Gasteiger partial charge in [0, 0.05) is 11.9 Å². The van der Waals surface area contributed by atoms with E-state index in [0.29, 0.717) is 22.8 Å². The van der Waals surface area contributed by atoms with Gasteiger partial charge in [-0.1, -0.05) is 29.8 Å². The first-order valence-electron chi connectivity index (χ1n) is 6.68. The second kappa shape index (κ2) is 5.38. The Labute approximate surface area is 122 Å². The standard InChI is InChI=1S/C15H15ClN2O2/c16-14-8-12(11-5-1-2-6-13(11)17-14)15(20)18-7-3-4-10(18)9-19/h1-2,5-6,8,10,19H,3-4,7,9H2. The van der Waals surface area contributed by atoms with Gasteiger partial charge < -0.3 is 10.0 Å². The summed E-state index contributed by atoms with van der Waals surface area (Å²) in [5.74, 6) is -0.0814. The molecular weight excluding hydrogens is 276 g/mol. The number of benzene rings is 1. The molecule has 0 saturated carbocycles. The third-order valence-electron chi connectivity index (χ3n) is 3.76. The smallest absolute Gasteiger partial charge is 0.254 e. The van der Waals surface area contributed by atoms with Crippen molar-refractivity contribution in [2.45, 2.75) is 18.9 Å². The molecule has 1 atom stereocenters. The van der Waals surface area contributed by atoms with Crippen LogP contribution in [-0.4, -0.2) is 40.1 Å². The van der Waals surface area contributed by atoms with Gasteiger partial charge in [-0.2, -0.15) is 0 Å². The van der Waals surface area contributed by atoms with Crippen molar-refractivity contribution in [2.75, 3.05) is 13.2 Å². The zero-order chi connectivity index (χ0) is 14.1. The normalized spacial score (nSPS) is 18.7. The van der Waals surface area contributed by atoms with Crippen LogP contribution in [0.3, 0.4) is 0 Å². The number of likely N-dealkylation sites (tertiary alicyclic amines) is 1. The topological polar surface area (TPSA) is 53.4 Å². The fourth-order valence-corrected chi connectivity index (χ4v) is 2.97. The monoisotopic (exact) mass is 290 g/mol. The Bertz CT molecular complexity index is 659. The number of carbonyl (C=O) groups is 1. The number of carbonyl (C=O) groups excluding carboxylic acids is 1. The lowest BCUT2D eigenvalue weighted by Crippen LogP contribution is -2.37. The highest BCUT2D eigenvalue weighted by Gasteiger charge is 2.29. The summed E-state index contributed by atoms with van der Waals surface area (Å²) in [5, 5.41) is 10.5. The highest BCUT2D eigenvalue weighted by Crippen LogP contribution is 2.25. The summed E-state index contributed by atoms with van der Waals surface area (Å²) >= 11 is 6.01. The molecule has 0 bridgehead atoms. The SMILES string of the molecule is O=C(c1cc(Cl)nc2ccccc12)N1CCCC1CO. The number of hydrogen-bond acceptors (Lipinski definition) is 3. The summed E-state index contributed by atoms with van der Waals surface area (Å²) in [7, 11) is 0. The lowest BCUT2D eigenvalue weighted by molar-refractivity contribution is 0.0679. The van der Waals surface area contributed by atoms with Crippen molar-refractivity contribution < 1.29 is 9.90 Å². The number of halogens is 1. The van der Waals surface area contributed by atoms with Gasteiger partial charge in [-0.25, -0.2) is 4.98 Å². The van der Waals surface area contributed by atoms with E-state index in [1.807, 2.05) is 24.3 Å². The maximum atomic E-state index is 12.7. The van der Waals surface area contributed by atoms with Gasteiger partial charge in [0.1, 0.15) is 5.15 Å². The molecule has 1 unspecified atom stereocenters. The zero-order valence-corrected chi connectivity index (χ0v) is 11.7. The van der Waals surface area contributed by atoms with E-state index in [-0.39, 0.29) is 18.6 Å². The molecule has 0 spiro atoms. The molecule has 3 rings (SSSR count). The Balaban J connectivity index is 2.07. The molecule has 1 N–H and O–H groups in total. The van der Waals surface area contributed by atoms with Crippen LogP contribution < -0.4 is 0 Å². The average molecular weight is 291 g/mol. The van der Waals surface area contributed by atoms with E-state index in [4.69, 9.17) is 11.6 Å². The van der Waals surface area contributed by atoms with E-state index >= 15 is 0 Å². The van der Waals surface area contributed by atoms with Crippen LogP contribution in [0, 0.1) is 0 Å². The Hall–Kier alpha value is -1.65. The first-order chi connectivity index (χ1) is 9.70. The van der Waals surface area contributed by atoms with Gasteiger partial charge >= 0.3 is 0 Å². The van der Waals surface area contributed by atoms with Crippen LogP contribution in [-0.2, 0) is 0 Å². The Morgan fingerprint density at radius 2 is 2.25 bits per heavy atom. The summed E-state index contributed by atoms with van der Waals surface area (Å²) in [6.45, 7) is 0.681. The van der Waals surface area contributed by atoms with Crippen molar-refractivity contribution in [3.63, 3.8) is 0 Å². The summed E-state index contributed by atoms with van der Waals surface area (Å²) in [6, 6.07) is 8.97. The number of aliphatic hydroxyl groups is 1. The van der Waals surface area contributed by atoms with Crippen LogP contribution in [0.4, 0.5) is 0 Å². The number of rotatable bonds is 2. The van der Waals surface area contributed by atoms with Crippen molar-refractivity contribution in [3.8, 4) is 0 Å². The second-order valence-corrected chi connectivity index (χ2v) is 5.37. The van der Waals surface area contributed by atoms with Crippen molar-refractivity contribution >= 4 is 28.4 Å². The quantitative estimate of drug-likeness (QED) is 0.865. The molecule has 2 aromatic rings. The molecular formula is C15H15ClN2O2. The maximum Gasteiger partial charge on any atom is 0.254 e. The minimum atomic E-state index is -0.0896. The Kier molecular flexibility index (Phi) is 3.59. The van der Waals surface area contributed by atoms with E-state index in [9.17, 15) is 9.90 Å². The molecule has 0 aliphatic carbocycles. The highest BCUT2D eigenvalue weighted by atomic mass is 35.5. The first-order valence-corrected chi connectivity index (χ1v) is 7.05. The highest BCUT2D eigenvalue weighted by molar-refractivity contribution is 6.30. The Morgan fingerprint density at radius 3 is 3.05 bits per heavy atom. The van der Waals surface area contributed by atoms with E-state index in [1.54, 1.807) is 11.0 Å². The van der Waals surface area contributed by atoms with Gasteiger partial charge in [-0.3, -0.25) is 4.79 Å². The molecule has 5 heteroatoms. The molecule has 1 fully saturated rings. The summed E-state index contributed by atoms with van der Waals surface area (Å²) in [4.78, 5) is 18.7.